The summed E-state index contributed by atoms with van der Waals surface area (Å²) >= 11 is 14.1. The summed E-state index contributed by atoms with van der Waals surface area (Å²) < 4.78 is 7.27. The van der Waals surface area contributed by atoms with Crippen LogP contribution in [-0.2, 0) is 0 Å². The largest absolute Gasteiger partial charge is 0.311 e. The maximum atomic E-state index is 4.71. The summed E-state index contributed by atoms with van der Waals surface area (Å²) in [5, 5.41) is 0. The second-order valence-corrected chi connectivity index (χ2v) is 17.7. The van der Waals surface area contributed by atoms with Crippen LogP contribution in [0.2, 0.25) is 0 Å². The summed E-state index contributed by atoms with van der Waals surface area (Å²) in [6.45, 7) is 0. The average Bonchev–Trinajstić information content (AvgIpc) is 3.11. The van der Waals surface area contributed by atoms with Gasteiger partial charge in [0, 0.05) is 57.1 Å². The Hall–Kier alpha value is -1.49. The van der Waals surface area contributed by atoms with Crippen molar-refractivity contribution >= 4 is 188 Å². The first kappa shape index (κ1) is 37.3. The molecule has 0 saturated carbocycles. The van der Waals surface area contributed by atoms with E-state index in [0.29, 0.717) is 0 Å². The highest BCUT2D eigenvalue weighted by molar-refractivity contribution is 14.1. The molecular formula is C39H24I6N4. The van der Waals surface area contributed by atoms with E-state index >= 15 is 0 Å². The molecule has 0 amide bonds. The van der Waals surface area contributed by atoms with Crippen molar-refractivity contribution in [2.24, 2.45) is 15.0 Å². The van der Waals surface area contributed by atoms with Gasteiger partial charge in [0.05, 0.1) is 17.1 Å². The van der Waals surface area contributed by atoms with Crippen molar-refractivity contribution in [2.45, 2.75) is 0 Å². The second kappa shape index (κ2) is 17.8. The maximum absolute atomic E-state index is 4.71. The Morgan fingerprint density at radius 3 is 0.837 bits per heavy atom. The van der Waals surface area contributed by atoms with Crippen LogP contribution >= 0.6 is 136 Å². The van der Waals surface area contributed by atoms with E-state index in [0.717, 1.165) is 50.8 Å². The summed E-state index contributed by atoms with van der Waals surface area (Å²) in [6.07, 6.45) is 5.74. The molecule has 4 nitrogen and oxygen atoms in total. The Bertz CT molecular complexity index is 1930. The van der Waals surface area contributed by atoms with Gasteiger partial charge in [0.15, 0.2) is 0 Å². The molecule has 0 fully saturated rings. The number of aliphatic imine (C=N–C) groups is 3. The lowest BCUT2D eigenvalue weighted by Crippen LogP contribution is -2.10. The van der Waals surface area contributed by atoms with Crippen molar-refractivity contribution in [1.82, 2.24) is 0 Å². The molecule has 242 valence electrons. The zero-order chi connectivity index (χ0) is 34.3. The minimum atomic E-state index is 0.941. The lowest BCUT2D eigenvalue weighted by Gasteiger charge is -2.25. The molecule has 49 heavy (non-hydrogen) atoms. The van der Waals surface area contributed by atoms with E-state index in [1.165, 1.54) is 21.4 Å². The minimum Gasteiger partial charge on any atom is -0.311 e. The van der Waals surface area contributed by atoms with E-state index in [9.17, 15) is 0 Å². The smallest absolute Gasteiger partial charge is 0.0641 e. The number of hydrogen-bond acceptors (Lipinski definition) is 4. The molecule has 6 aromatic rings. The topological polar surface area (TPSA) is 40.3 Å². The first-order valence-electron chi connectivity index (χ1n) is 14.8. The molecule has 0 spiro atoms. The average molecular weight is 1310 g/mol. The van der Waals surface area contributed by atoms with Crippen LogP contribution < -0.4 is 4.90 Å². The van der Waals surface area contributed by atoms with Gasteiger partial charge >= 0.3 is 0 Å². The Morgan fingerprint density at radius 2 is 0.592 bits per heavy atom. The van der Waals surface area contributed by atoms with Gasteiger partial charge in [0.2, 0.25) is 0 Å². The number of hydrogen-bond donors (Lipinski definition) is 0. The second-order valence-electron chi connectivity index (χ2n) is 10.7. The van der Waals surface area contributed by atoms with Crippen LogP contribution in [0.15, 0.2) is 142 Å². The van der Waals surface area contributed by atoms with E-state index in [2.05, 4.69) is 250 Å². The van der Waals surface area contributed by atoms with E-state index in [1.54, 1.807) is 0 Å². The van der Waals surface area contributed by atoms with Crippen molar-refractivity contribution in [3.63, 3.8) is 0 Å². The van der Waals surface area contributed by atoms with Gasteiger partial charge in [-0.15, -0.1) is 0 Å². The summed E-state index contributed by atoms with van der Waals surface area (Å²) in [7, 11) is 0. The SMILES string of the molecule is Ic1ccc(/N=C/c2ccc(N(c3ccc(/C=N/c4ccc(I)c(I)c4)cc3)c3ccc(/C=N/c4ccc(I)c(I)c4)cc3)cc2)cc1I. The molecule has 0 aliphatic rings. The number of benzene rings is 6. The quantitative estimate of drug-likeness (QED) is 0.105. The molecule has 0 heterocycles. The van der Waals surface area contributed by atoms with Gasteiger partial charge in [-0.1, -0.05) is 36.4 Å². The number of nitrogens with zero attached hydrogens (tertiary/aromatic N) is 4. The zero-order valence-electron chi connectivity index (χ0n) is 25.4. The van der Waals surface area contributed by atoms with Gasteiger partial charge in [0.1, 0.15) is 0 Å². The van der Waals surface area contributed by atoms with Crippen LogP contribution in [0, 0.1) is 21.4 Å². The normalized spacial score (nSPS) is 11.6. The van der Waals surface area contributed by atoms with Crippen LogP contribution in [0.1, 0.15) is 16.7 Å². The van der Waals surface area contributed by atoms with Crippen molar-refractivity contribution in [3.05, 3.63) is 166 Å². The van der Waals surface area contributed by atoms with Gasteiger partial charge in [-0.05, 0) is 243 Å². The molecule has 0 radical (unpaired) electrons. The van der Waals surface area contributed by atoms with Gasteiger partial charge in [0.25, 0.3) is 0 Å². The summed E-state index contributed by atoms with van der Waals surface area (Å²) in [5.41, 5.74) is 9.06. The van der Waals surface area contributed by atoms with Crippen molar-refractivity contribution in [2.75, 3.05) is 4.90 Å². The lowest BCUT2D eigenvalue weighted by atomic mass is 10.1. The third-order valence-corrected chi connectivity index (χ3v) is 15.8. The molecule has 0 saturated heterocycles. The molecule has 0 bridgehead atoms. The highest BCUT2D eigenvalue weighted by Crippen LogP contribution is 2.35. The molecule has 6 rings (SSSR count). The Labute approximate surface area is 368 Å². The minimum absolute atomic E-state index is 0.941. The molecule has 0 unspecified atom stereocenters. The summed E-state index contributed by atoms with van der Waals surface area (Å²) in [6, 6.07) is 44.2. The molecule has 0 aliphatic carbocycles. The van der Waals surface area contributed by atoms with Crippen LogP contribution in [0.4, 0.5) is 34.1 Å². The van der Waals surface area contributed by atoms with E-state index in [4.69, 9.17) is 15.0 Å². The predicted molar refractivity (Wildman–Crippen MR) is 259 cm³/mol. The Balaban J connectivity index is 1.27. The molecule has 0 atom stereocenters. The number of rotatable bonds is 9. The first-order chi connectivity index (χ1) is 23.7. The van der Waals surface area contributed by atoms with Crippen LogP contribution in [-0.4, -0.2) is 18.6 Å². The van der Waals surface area contributed by atoms with Gasteiger partial charge in [-0.2, -0.15) is 0 Å². The zero-order valence-corrected chi connectivity index (χ0v) is 38.4. The molecule has 6 aromatic carbocycles. The summed E-state index contributed by atoms with van der Waals surface area (Å²) in [5.74, 6) is 0. The van der Waals surface area contributed by atoms with Crippen molar-refractivity contribution < 1.29 is 0 Å². The van der Waals surface area contributed by atoms with Crippen LogP contribution in [0.3, 0.4) is 0 Å². The van der Waals surface area contributed by atoms with Gasteiger partial charge < -0.3 is 4.90 Å². The van der Waals surface area contributed by atoms with Gasteiger partial charge in [-0.3, -0.25) is 15.0 Å². The third-order valence-electron chi connectivity index (χ3n) is 7.25. The lowest BCUT2D eigenvalue weighted by molar-refractivity contribution is 1.28. The van der Waals surface area contributed by atoms with Gasteiger partial charge in [-0.25, -0.2) is 0 Å². The van der Waals surface area contributed by atoms with Crippen LogP contribution in [0.25, 0.3) is 0 Å². The fourth-order valence-corrected chi connectivity index (χ4v) is 7.22. The molecule has 0 aromatic heterocycles. The van der Waals surface area contributed by atoms with Crippen molar-refractivity contribution in [3.8, 4) is 0 Å². The third kappa shape index (κ3) is 10.3. The maximum Gasteiger partial charge on any atom is 0.0641 e. The first-order valence-corrected chi connectivity index (χ1v) is 21.3. The Kier molecular flexibility index (Phi) is 13.6. The standard InChI is InChI=1S/C39H24I6N4/c40-34-16-7-28(19-37(34)43)46-22-25-1-10-31(11-2-25)49(32-12-3-26(4-13-32)23-47-29-8-17-35(41)38(44)20-29)33-14-5-27(6-15-33)24-48-30-9-18-36(42)39(45)21-30/h1-24H/b46-22+,47-23+,48-24+. The number of anilines is 3. The Morgan fingerprint density at radius 1 is 0.327 bits per heavy atom. The summed E-state index contributed by atoms with van der Waals surface area (Å²) in [4.78, 5) is 16.4. The van der Waals surface area contributed by atoms with E-state index in [1.807, 2.05) is 36.8 Å². The number of halogens is 6. The highest BCUT2D eigenvalue weighted by Gasteiger charge is 2.13. The van der Waals surface area contributed by atoms with Crippen molar-refractivity contribution in [1.29, 1.82) is 0 Å². The predicted octanol–water partition coefficient (Wildman–Crippen LogP) is 14.0. The molecular weight excluding hydrogens is 1290 g/mol. The molecule has 10 heteroatoms. The monoisotopic (exact) mass is 1310 g/mol. The fourth-order valence-electron chi connectivity index (χ4n) is 4.72. The molecule has 0 aliphatic heterocycles. The van der Waals surface area contributed by atoms with E-state index < -0.39 is 0 Å². The van der Waals surface area contributed by atoms with Crippen LogP contribution in [0.5, 0.6) is 0 Å². The van der Waals surface area contributed by atoms with E-state index in [-0.39, 0.29) is 0 Å². The highest BCUT2D eigenvalue weighted by atomic mass is 127. The fraction of sp³-hybridized carbons (Fsp3) is 0. The molecule has 0 N–H and O–H groups in total.